The Hall–Kier alpha value is -2.04. The highest BCUT2D eigenvalue weighted by Gasteiger charge is 2.30. The Morgan fingerprint density at radius 2 is 2.04 bits per heavy atom. The van der Waals surface area contributed by atoms with Crippen molar-refractivity contribution in [3.05, 3.63) is 58.6 Å². The number of halogens is 1. The van der Waals surface area contributed by atoms with Gasteiger partial charge >= 0.3 is 5.97 Å². The lowest BCUT2D eigenvalue weighted by atomic mass is 10.1. The first-order chi connectivity index (χ1) is 11.5. The molecule has 0 bridgehead atoms. The second-order valence-corrected chi connectivity index (χ2v) is 6.56. The first-order valence-corrected chi connectivity index (χ1v) is 8.40. The number of aryl methyl sites for hydroxylation is 1. The van der Waals surface area contributed by atoms with Gasteiger partial charge in [0.1, 0.15) is 17.5 Å². The first kappa shape index (κ1) is 16.8. The summed E-state index contributed by atoms with van der Waals surface area (Å²) in [6.07, 6.45) is 1.67. The highest BCUT2D eigenvalue weighted by atomic mass is 35.5. The SMILES string of the molecule is Cc1cc(Cl)ccc1Oc1ccc(CN2CCCC2C(=O)O)cc1. The van der Waals surface area contributed by atoms with E-state index in [1.54, 1.807) is 6.07 Å². The van der Waals surface area contributed by atoms with Crippen molar-refractivity contribution in [1.29, 1.82) is 0 Å². The summed E-state index contributed by atoms with van der Waals surface area (Å²) in [4.78, 5) is 13.3. The molecule has 1 N–H and O–H groups in total. The third-order valence-electron chi connectivity index (χ3n) is 4.32. The van der Waals surface area contributed by atoms with E-state index < -0.39 is 5.97 Å². The fraction of sp³-hybridized carbons (Fsp3) is 0.316. The molecule has 5 heteroatoms. The smallest absolute Gasteiger partial charge is 0.320 e. The lowest BCUT2D eigenvalue weighted by Gasteiger charge is -2.21. The summed E-state index contributed by atoms with van der Waals surface area (Å²) in [5, 5.41) is 9.93. The van der Waals surface area contributed by atoms with Crippen molar-refractivity contribution in [1.82, 2.24) is 4.90 Å². The molecule has 1 aliphatic heterocycles. The maximum absolute atomic E-state index is 11.2. The summed E-state index contributed by atoms with van der Waals surface area (Å²) in [5.74, 6) is 0.795. The van der Waals surface area contributed by atoms with Gasteiger partial charge in [0.15, 0.2) is 0 Å². The Labute approximate surface area is 146 Å². The number of benzene rings is 2. The second-order valence-electron chi connectivity index (χ2n) is 6.12. The molecule has 1 atom stereocenters. The molecule has 4 nitrogen and oxygen atoms in total. The monoisotopic (exact) mass is 345 g/mol. The fourth-order valence-corrected chi connectivity index (χ4v) is 3.27. The van der Waals surface area contributed by atoms with Crippen molar-refractivity contribution in [2.45, 2.75) is 32.4 Å². The molecule has 0 aromatic heterocycles. The van der Waals surface area contributed by atoms with Crippen LogP contribution in [0.1, 0.15) is 24.0 Å². The quantitative estimate of drug-likeness (QED) is 0.867. The maximum atomic E-state index is 11.2. The predicted molar refractivity (Wildman–Crippen MR) is 93.8 cm³/mol. The molecule has 2 aromatic carbocycles. The molecule has 1 fully saturated rings. The van der Waals surface area contributed by atoms with E-state index in [0.29, 0.717) is 11.6 Å². The Morgan fingerprint density at radius 1 is 1.29 bits per heavy atom. The van der Waals surface area contributed by atoms with Crippen molar-refractivity contribution >= 4 is 17.6 Å². The third-order valence-corrected chi connectivity index (χ3v) is 4.56. The zero-order valence-corrected chi connectivity index (χ0v) is 14.3. The van der Waals surface area contributed by atoms with Gasteiger partial charge in [-0.3, -0.25) is 9.69 Å². The fourth-order valence-electron chi connectivity index (χ4n) is 3.05. The van der Waals surface area contributed by atoms with Gasteiger partial charge in [-0.15, -0.1) is 0 Å². The van der Waals surface area contributed by atoms with Crippen molar-refractivity contribution in [3.8, 4) is 11.5 Å². The summed E-state index contributed by atoms with van der Waals surface area (Å²) in [6.45, 7) is 3.44. The van der Waals surface area contributed by atoms with E-state index in [2.05, 4.69) is 0 Å². The molecule has 0 aliphatic carbocycles. The highest BCUT2D eigenvalue weighted by molar-refractivity contribution is 6.30. The normalized spacial score (nSPS) is 17.8. The first-order valence-electron chi connectivity index (χ1n) is 8.03. The van der Waals surface area contributed by atoms with Crippen molar-refractivity contribution in [2.75, 3.05) is 6.54 Å². The Bertz CT molecular complexity index is 730. The van der Waals surface area contributed by atoms with Gasteiger partial charge in [0.05, 0.1) is 0 Å². The third kappa shape index (κ3) is 3.89. The zero-order chi connectivity index (χ0) is 17.1. The predicted octanol–water partition coefficient (Wildman–Crippen LogP) is 4.49. The van der Waals surface area contributed by atoms with Crippen molar-refractivity contribution in [3.63, 3.8) is 0 Å². The van der Waals surface area contributed by atoms with Crippen LogP contribution in [0.3, 0.4) is 0 Å². The van der Waals surface area contributed by atoms with Crippen molar-refractivity contribution < 1.29 is 14.6 Å². The zero-order valence-electron chi connectivity index (χ0n) is 13.5. The number of carbonyl (C=O) groups is 1. The van der Waals surface area contributed by atoms with Gasteiger partial charge in [-0.25, -0.2) is 0 Å². The minimum absolute atomic E-state index is 0.363. The largest absolute Gasteiger partial charge is 0.480 e. The molecule has 2 aromatic rings. The van der Waals surface area contributed by atoms with Crippen LogP contribution in [0, 0.1) is 6.92 Å². The molecular weight excluding hydrogens is 326 g/mol. The number of hydrogen-bond donors (Lipinski definition) is 1. The second kappa shape index (κ2) is 7.24. The Kier molecular flexibility index (Phi) is 5.07. The van der Waals surface area contributed by atoms with E-state index in [1.165, 1.54) is 0 Å². The molecule has 3 rings (SSSR count). The summed E-state index contributed by atoms with van der Waals surface area (Å²) in [7, 11) is 0. The highest BCUT2D eigenvalue weighted by Crippen LogP contribution is 2.28. The number of rotatable bonds is 5. The number of likely N-dealkylation sites (tertiary alicyclic amines) is 1. The van der Waals surface area contributed by atoms with Gasteiger partial charge in [0.2, 0.25) is 0 Å². The number of carboxylic acids is 1. The van der Waals surface area contributed by atoms with E-state index in [1.807, 2.05) is 48.2 Å². The van der Waals surface area contributed by atoms with Gasteiger partial charge in [0, 0.05) is 11.6 Å². The van der Waals surface area contributed by atoms with Gasteiger partial charge in [-0.05, 0) is 67.8 Å². The van der Waals surface area contributed by atoms with Crippen LogP contribution in [0.5, 0.6) is 11.5 Å². The van der Waals surface area contributed by atoms with E-state index >= 15 is 0 Å². The van der Waals surface area contributed by atoms with E-state index in [0.717, 1.165) is 42.0 Å². The van der Waals surface area contributed by atoms with E-state index in [9.17, 15) is 9.90 Å². The molecule has 1 saturated heterocycles. The van der Waals surface area contributed by atoms with E-state index in [4.69, 9.17) is 16.3 Å². The van der Waals surface area contributed by atoms with Crippen LogP contribution in [-0.4, -0.2) is 28.6 Å². The summed E-state index contributed by atoms with van der Waals surface area (Å²) in [6, 6.07) is 13.0. The van der Waals surface area contributed by atoms with Crippen LogP contribution in [0.2, 0.25) is 5.02 Å². The van der Waals surface area contributed by atoms with E-state index in [-0.39, 0.29) is 6.04 Å². The van der Waals surface area contributed by atoms with Crippen LogP contribution in [-0.2, 0) is 11.3 Å². The number of ether oxygens (including phenoxy) is 1. The van der Waals surface area contributed by atoms with Crippen molar-refractivity contribution in [2.24, 2.45) is 0 Å². The lowest BCUT2D eigenvalue weighted by molar-refractivity contribution is -0.142. The van der Waals surface area contributed by atoms with Crippen LogP contribution >= 0.6 is 11.6 Å². The molecule has 126 valence electrons. The molecule has 1 heterocycles. The molecule has 0 radical (unpaired) electrons. The minimum Gasteiger partial charge on any atom is -0.480 e. The van der Waals surface area contributed by atoms with Crippen LogP contribution in [0.25, 0.3) is 0 Å². The molecule has 0 amide bonds. The Morgan fingerprint density at radius 3 is 2.71 bits per heavy atom. The molecular formula is C19H20ClNO3. The Balaban J connectivity index is 1.66. The lowest BCUT2D eigenvalue weighted by Crippen LogP contribution is -2.35. The average Bonchev–Trinajstić information content (AvgIpc) is 3.00. The molecule has 0 spiro atoms. The minimum atomic E-state index is -0.731. The van der Waals surface area contributed by atoms with Gasteiger partial charge in [-0.1, -0.05) is 23.7 Å². The molecule has 1 unspecified atom stereocenters. The topological polar surface area (TPSA) is 49.8 Å². The van der Waals surface area contributed by atoms with Crippen LogP contribution in [0.15, 0.2) is 42.5 Å². The van der Waals surface area contributed by atoms with Gasteiger partial charge in [0.25, 0.3) is 0 Å². The number of nitrogens with zero attached hydrogens (tertiary/aromatic N) is 1. The average molecular weight is 346 g/mol. The summed E-state index contributed by atoms with van der Waals surface area (Å²) < 4.78 is 5.88. The van der Waals surface area contributed by atoms with Gasteiger partial charge < -0.3 is 9.84 Å². The maximum Gasteiger partial charge on any atom is 0.320 e. The number of aliphatic carboxylic acids is 1. The van der Waals surface area contributed by atoms with Crippen LogP contribution in [0.4, 0.5) is 0 Å². The summed E-state index contributed by atoms with van der Waals surface area (Å²) in [5.41, 5.74) is 2.07. The molecule has 24 heavy (non-hydrogen) atoms. The summed E-state index contributed by atoms with van der Waals surface area (Å²) >= 11 is 5.95. The van der Waals surface area contributed by atoms with Gasteiger partial charge in [-0.2, -0.15) is 0 Å². The van der Waals surface area contributed by atoms with Crippen LogP contribution < -0.4 is 4.74 Å². The number of carboxylic acid groups (broad SMARTS) is 1. The molecule has 1 aliphatic rings. The standard InChI is InChI=1S/C19H20ClNO3/c1-13-11-15(20)6-9-18(13)24-16-7-4-14(5-8-16)12-21-10-2-3-17(21)19(22)23/h4-9,11,17H,2-3,10,12H2,1H3,(H,22,23). The number of hydrogen-bond acceptors (Lipinski definition) is 3. The molecule has 0 saturated carbocycles.